The van der Waals surface area contributed by atoms with Crippen molar-refractivity contribution in [2.75, 3.05) is 20.6 Å². The Hall–Kier alpha value is -0.520. The quantitative estimate of drug-likeness (QED) is 0.591. The van der Waals surface area contributed by atoms with Crippen molar-refractivity contribution in [3.8, 4) is 12.3 Å². The molecule has 0 aromatic heterocycles. The molecular weight excluding hydrogens is 138 g/mol. The second kappa shape index (κ2) is 6.21. The normalized spacial score (nSPS) is 13.0. The van der Waals surface area contributed by atoms with E-state index >= 15 is 0 Å². The van der Waals surface area contributed by atoms with E-state index in [1.54, 1.807) is 0 Å². The van der Waals surface area contributed by atoms with Crippen LogP contribution in [-0.2, 0) is 0 Å². The standard InChI is InChI=1S/C9H17NO/c1-4-5-6-9(11)7-8-10(2)3/h1,9,11H,5-8H2,2-3H3. The first-order chi connectivity index (χ1) is 5.16. The Labute approximate surface area is 69.2 Å². The highest BCUT2D eigenvalue weighted by atomic mass is 16.3. The maximum absolute atomic E-state index is 9.31. The summed E-state index contributed by atoms with van der Waals surface area (Å²) in [5, 5.41) is 9.31. The first-order valence-electron chi connectivity index (χ1n) is 3.93. The fraction of sp³-hybridized carbons (Fsp3) is 0.778. The van der Waals surface area contributed by atoms with E-state index in [1.165, 1.54) is 0 Å². The molecule has 0 rings (SSSR count). The first-order valence-corrected chi connectivity index (χ1v) is 3.93. The third-order valence-corrected chi connectivity index (χ3v) is 1.53. The monoisotopic (exact) mass is 155 g/mol. The van der Waals surface area contributed by atoms with E-state index in [0.29, 0.717) is 6.42 Å². The molecule has 2 heteroatoms. The van der Waals surface area contributed by atoms with E-state index in [-0.39, 0.29) is 6.10 Å². The van der Waals surface area contributed by atoms with E-state index < -0.39 is 0 Å². The summed E-state index contributed by atoms with van der Waals surface area (Å²) in [5.74, 6) is 2.51. The number of aliphatic hydroxyl groups excluding tert-OH is 1. The number of aliphatic hydroxyl groups is 1. The summed E-state index contributed by atoms with van der Waals surface area (Å²) in [5.41, 5.74) is 0. The van der Waals surface area contributed by atoms with E-state index in [4.69, 9.17) is 6.42 Å². The Morgan fingerprint density at radius 1 is 1.45 bits per heavy atom. The van der Waals surface area contributed by atoms with Crippen LogP contribution >= 0.6 is 0 Å². The van der Waals surface area contributed by atoms with Crippen LogP contribution in [0.5, 0.6) is 0 Å². The van der Waals surface area contributed by atoms with Gasteiger partial charge in [-0.05, 0) is 33.5 Å². The van der Waals surface area contributed by atoms with Gasteiger partial charge in [-0.25, -0.2) is 0 Å². The van der Waals surface area contributed by atoms with Crippen LogP contribution in [0.1, 0.15) is 19.3 Å². The Morgan fingerprint density at radius 2 is 2.09 bits per heavy atom. The Morgan fingerprint density at radius 3 is 2.55 bits per heavy atom. The lowest BCUT2D eigenvalue weighted by molar-refractivity contribution is 0.144. The summed E-state index contributed by atoms with van der Waals surface area (Å²) < 4.78 is 0. The summed E-state index contributed by atoms with van der Waals surface area (Å²) >= 11 is 0. The van der Waals surface area contributed by atoms with Gasteiger partial charge < -0.3 is 10.0 Å². The van der Waals surface area contributed by atoms with Crippen molar-refractivity contribution in [3.05, 3.63) is 0 Å². The molecule has 1 unspecified atom stereocenters. The van der Waals surface area contributed by atoms with Gasteiger partial charge in [-0.2, -0.15) is 0 Å². The summed E-state index contributed by atoms with van der Waals surface area (Å²) in [6.45, 7) is 0.922. The van der Waals surface area contributed by atoms with Crippen molar-refractivity contribution in [3.63, 3.8) is 0 Å². The Balaban J connectivity index is 3.23. The topological polar surface area (TPSA) is 23.5 Å². The second-order valence-corrected chi connectivity index (χ2v) is 2.99. The summed E-state index contributed by atoms with van der Waals surface area (Å²) in [7, 11) is 3.99. The van der Waals surface area contributed by atoms with Crippen LogP contribution in [0, 0.1) is 12.3 Å². The molecule has 0 aromatic carbocycles. The first kappa shape index (κ1) is 10.5. The Bertz CT molecular complexity index is 126. The third-order valence-electron chi connectivity index (χ3n) is 1.53. The smallest absolute Gasteiger partial charge is 0.0561 e. The molecule has 0 aliphatic rings. The molecule has 64 valence electrons. The summed E-state index contributed by atoms with van der Waals surface area (Å²) in [6, 6.07) is 0. The van der Waals surface area contributed by atoms with Gasteiger partial charge in [0.2, 0.25) is 0 Å². The van der Waals surface area contributed by atoms with Gasteiger partial charge in [0.15, 0.2) is 0 Å². The van der Waals surface area contributed by atoms with Gasteiger partial charge in [0, 0.05) is 6.42 Å². The predicted molar refractivity (Wildman–Crippen MR) is 47.2 cm³/mol. The number of rotatable bonds is 5. The third kappa shape index (κ3) is 7.38. The molecule has 0 aliphatic carbocycles. The molecule has 0 saturated heterocycles. The molecule has 1 atom stereocenters. The van der Waals surface area contributed by atoms with Crippen LogP contribution in [0.4, 0.5) is 0 Å². The highest BCUT2D eigenvalue weighted by molar-refractivity contribution is 4.84. The van der Waals surface area contributed by atoms with E-state index in [0.717, 1.165) is 19.4 Å². The molecule has 0 fully saturated rings. The van der Waals surface area contributed by atoms with Gasteiger partial charge in [-0.1, -0.05) is 0 Å². The van der Waals surface area contributed by atoms with Crippen molar-refractivity contribution in [1.29, 1.82) is 0 Å². The fourth-order valence-corrected chi connectivity index (χ4v) is 0.802. The average Bonchev–Trinajstić information content (AvgIpc) is 1.97. The minimum absolute atomic E-state index is 0.228. The average molecular weight is 155 g/mol. The highest BCUT2D eigenvalue weighted by Crippen LogP contribution is 2.00. The number of hydrogen-bond acceptors (Lipinski definition) is 2. The predicted octanol–water partition coefficient (Wildman–Crippen LogP) is 0.712. The van der Waals surface area contributed by atoms with Crippen molar-refractivity contribution in [1.82, 2.24) is 4.90 Å². The number of hydrogen-bond donors (Lipinski definition) is 1. The Kier molecular flexibility index (Phi) is 5.91. The summed E-state index contributed by atoms with van der Waals surface area (Å²) in [6.07, 6.45) is 7.05. The molecule has 0 aliphatic heterocycles. The maximum Gasteiger partial charge on any atom is 0.0561 e. The van der Waals surface area contributed by atoms with Crippen LogP contribution in [0.3, 0.4) is 0 Å². The van der Waals surface area contributed by atoms with Gasteiger partial charge in [0.05, 0.1) is 6.10 Å². The van der Waals surface area contributed by atoms with Crippen LogP contribution < -0.4 is 0 Å². The lowest BCUT2D eigenvalue weighted by atomic mass is 10.1. The minimum Gasteiger partial charge on any atom is -0.393 e. The SMILES string of the molecule is C#CCCC(O)CCN(C)C. The molecule has 0 spiro atoms. The molecule has 2 nitrogen and oxygen atoms in total. The molecule has 0 aromatic rings. The second-order valence-electron chi connectivity index (χ2n) is 2.99. The zero-order chi connectivity index (χ0) is 8.69. The van der Waals surface area contributed by atoms with E-state index in [1.807, 2.05) is 14.1 Å². The van der Waals surface area contributed by atoms with Gasteiger partial charge >= 0.3 is 0 Å². The molecule has 0 bridgehead atoms. The van der Waals surface area contributed by atoms with Crippen molar-refractivity contribution >= 4 is 0 Å². The molecule has 1 N–H and O–H groups in total. The molecule has 0 amide bonds. The maximum atomic E-state index is 9.31. The number of terminal acetylenes is 1. The van der Waals surface area contributed by atoms with Crippen LogP contribution in [-0.4, -0.2) is 36.8 Å². The van der Waals surface area contributed by atoms with E-state index in [9.17, 15) is 5.11 Å². The van der Waals surface area contributed by atoms with Crippen molar-refractivity contribution < 1.29 is 5.11 Å². The van der Waals surface area contributed by atoms with Crippen LogP contribution in [0.25, 0.3) is 0 Å². The lowest BCUT2D eigenvalue weighted by Gasteiger charge is -2.12. The zero-order valence-corrected chi connectivity index (χ0v) is 7.38. The largest absolute Gasteiger partial charge is 0.393 e. The molecule has 0 saturated carbocycles. The lowest BCUT2D eigenvalue weighted by Crippen LogP contribution is -2.19. The van der Waals surface area contributed by atoms with Gasteiger partial charge in [0.25, 0.3) is 0 Å². The van der Waals surface area contributed by atoms with Gasteiger partial charge in [0.1, 0.15) is 0 Å². The molecular formula is C9H17NO. The number of nitrogens with zero attached hydrogens (tertiary/aromatic N) is 1. The van der Waals surface area contributed by atoms with Crippen molar-refractivity contribution in [2.45, 2.75) is 25.4 Å². The van der Waals surface area contributed by atoms with Crippen LogP contribution in [0.2, 0.25) is 0 Å². The molecule has 0 heterocycles. The van der Waals surface area contributed by atoms with Crippen LogP contribution in [0.15, 0.2) is 0 Å². The summed E-state index contributed by atoms with van der Waals surface area (Å²) in [4.78, 5) is 2.05. The zero-order valence-electron chi connectivity index (χ0n) is 7.38. The van der Waals surface area contributed by atoms with E-state index in [2.05, 4.69) is 10.8 Å². The van der Waals surface area contributed by atoms with Gasteiger partial charge in [-0.3, -0.25) is 0 Å². The molecule has 11 heavy (non-hydrogen) atoms. The highest BCUT2D eigenvalue weighted by Gasteiger charge is 2.02. The minimum atomic E-state index is -0.228. The van der Waals surface area contributed by atoms with Gasteiger partial charge in [-0.15, -0.1) is 12.3 Å². The molecule has 0 radical (unpaired) electrons. The fourth-order valence-electron chi connectivity index (χ4n) is 0.802. The van der Waals surface area contributed by atoms with Crippen molar-refractivity contribution in [2.24, 2.45) is 0 Å².